The maximum atomic E-state index is 13.0. The largest absolute Gasteiger partial charge is 0.365 e. The van der Waals surface area contributed by atoms with Gasteiger partial charge in [0, 0.05) is 19.9 Å². The summed E-state index contributed by atoms with van der Waals surface area (Å²) in [6, 6.07) is 11.1. The highest BCUT2D eigenvalue weighted by molar-refractivity contribution is 7.91. The smallest absolute Gasteiger partial charge is 0.236 e. The van der Waals surface area contributed by atoms with E-state index >= 15 is 0 Å². The van der Waals surface area contributed by atoms with Crippen LogP contribution in [0.2, 0.25) is 0 Å². The molecule has 0 aromatic heterocycles. The van der Waals surface area contributed by atoms with E-state index in [0.29, 0.717) is 17.8 Å². The van der Waals surface area contributed by atoms with Gasteiger partial charge in [0.15, 0.2) is 0 Å². The van der Waals surface area contributed by atoms with Crippen LogP contribution in [0.25, 0.3) is 0 Å². The standard InChI is InChI=1S/C21H24FN3O2S.C2H6.H2/c1-3-19(23-4-2)14-25-12-11-17-7-10-20(13-21(17)25)24-28(26,27)15-16-5-8-18(22)9-6-16;1-2;/h3-10,13,24H,11-12,14-15H2,1-2H3;1-2H3;1H/b19-3-,23-4?;;. The topological polar surface area (TPSA) is 61.8 Å². The SMILES string of the molecule is CC.CC=N/C(=C\C)CN1CCc2ccc(NS(=O)(=O)Cc3ccc(F)cc3)cc21.[HH]. The highest BCUT2D eigenvalue weighted by Crippen LogP contribution is 2.32. The first-order valence-corrected chi connectivity index (χ1v) is 11.8. The minimum absolute atomic E-state index is 0. The molecule has 0 saturated carbocycles. The van der Waals surface area contributed by atoms with Crippen LogP contribution < -0.4 is 9.62 Å². The van der Waals surface area contributed by atoms with E-state index in [2.05, 4.69) is 14.6 Å². The van der Waals surface area contributed by atoms with Crippen LogP contribution in [0.15, 0.2) is 59.2 Å². The molecule has 1 N–H and O–H groups in total. The van der Waals surface area contributed by atoms with Crippen molar-refractivity contribution in [3.05, 3.63) is 71.2 Å². The van der Waals surface area contributed by atoms with Crippen LogP contribution in [0.4, 0.5) is 15.8 Å². The number of rotatable bonds is 7. The molecule has 0 aliphatic carbocycles. The summed E-state index contributed by atoms with van der Waals surface area (Å²) in [6.45, 7) is 9.39. The van der Waals surface area contributed by atoms with Gasteiger partial charge >= 0.3 is 0 Å². The molecule has 7 heteroatoms. The first kappa shape index (κ1) is 23.6. The molecule has 164 valence electrons. The van der Waals surface area contributed by atoms with E-state index in [-0.39, 0.29) is 13.0 Å². The Hall–Kier alpha value is -2.67. The second-order valence-corrected chi connectivity index (χ2v) is 8.39. The van der Waals surface area contributed by atoms with Crippen molar-refractivity contribution in [2.24, 2.45) is 4.99 Å². The summed E-state index contributed by atoms with van der Waals surface area (Å²) in [5.41, 5.74) is 4.24. The third-order valence-corrected chi connectivity index (χ3v) is 5.86. The van der Waals surface area contributed by atoms with Gasteiger partial charge in [-0.25, -0.2) is 12.8 Å². The maximum Gasteiger partial charge on any atom is 0.236 e. The van der Waals surface area contributed by atoms with E-state index in [1.807, 2.05) is 45.9 Å². The Morgan fingerprint density at radius 2 is 1.90 bits per heavy atom. The van der Waals surface area contributed by atoms with Gasteiger partial charge in [0.05, 0.1) is 23.7 Å². The van der Waals surface area contributed by atoms with E-state index in [0.717, 1.165) is 24.4 Å². The first-order chi connectivity index (χ1) is 14.4. The lowest BCUT2D eigenvalue weighted by Gasteiger charge is -2.20. The fourth-order valence-corrected chi connectivity index (χ4v) is 4.45. The Kier molecular flexibility index (Phi) is 8.59. The summed E-state index contributed by atoms with van der Waals surface area (Å²) in [5, 5.41) is 0. The number of fused-ring (bicyclic) bond motifs is 1. The van der Waals surface area contributed by atoms with Gasteiger partial charge in [-0.3, -0.25) is 9.71 Å². The molecule has 0 atom stereocenters. The van der Waals surface area contributed by atoms with Crippen molar-refractivity contribution in [2.45, 2.75) is 39.9 Å². The molecule has 30 heavy (non-hydrogen) atoms. The predicted molar refractivity (Wildman–Crippen MR) is 126 cm³/mol. The predicted octanol–water partition coefficient (Wildman–Crippen LogP) is 5.40. The monoisotopic (exact) mass is 433 g/mol. The molecule has 0 fully saturated rings. The molecule has 0 amide bonds. The van der Waals surface area contributed by atoms with Crippen molar-refractivity contribution in [3.63, 3.8) is 0 Å². The first-order valence-electron chi connectivity index (χ1n) is 10.2. The molecule has 0 unspecified atom stereocenters. The molecule has 0 saturated heterocycles. The highest BCUT2D eigenvalue weighted by atomic mass is 32.2. The van der Waals surface area contributed by atoms with Gasteiger partial charge < -0.3 is 4.90 Å². The minimum atomic E-state index is -3.60. The van der Waals surface area contributed by atoms with Crippen molar-refractivity contribution in [1.82, 2.24) is 0 Å². The number of aliphatic imine (C=N–C) groups is 1. The van der Waals surface area contributed by atoms with Crippen LogP contribution in [0.1, 0.15) is 40.2 Å². The van der Waals surface area contributed by atoms with Crippen LogP contribution in [0, 0.1) is 5.82 Å². The molecule has 5 nitrogen and oxygen atoms in total. The van der Waals surface area contributed by atoms with Gasteiger partial charge in [-0.2, -0.15) is 0 Å². The van der Waals surface area contributed by atoms with Crippen LogP contribution in [0.3, 0.4) is 0 Å². The molecule has 0 spiro atoms. The van der Waals surface area contributed by atoms with Gasteiger partial charge in [-0.1, -0.05) is 38.1 Å². The average Bonchev–Trinajstić information content (AvgIpc) is 3.12. The molecular formula is C23H32FN3O2S. The molecular weight excluding hydrogens is 401 g/mol. The second kappa shape index (κ2) is 10.9. The second-order valence-electron chi connectivity index (χ2n) is 6.67. The number of benzene rings is 2. The zero-order valence-electron chi connectivity index (χ0n) is 18.0. The Balaban J connectivity index is 0.00000156. The number of sulfonamides is 1. The number of hydrogen-bond acceptors (Lipinski definition) is 4. The summed E-state index contributed by atoms with van der Waals surface area (Å²) >= 11 is 0. The van der Waals surface area contributed by atoms with Crippen molar-refractivity contribution < 1.29 is 14.2 Å². The van der Waals surface area contributed by atoms with E-state index in [4.69, 9.17) is 0 Å². The van der Waals surface area contributed by atoms with Gasteiger partial charge in [-0.05, 0) is 55.7 Å². The quantitative estimate of drug-likeness (QED) is 0.595. The van der Waals surface area contributed by atoms with Crippen molar-refractivity contribution in [2.75, 3.05) is 22.7 Å². The Morgan fingerprint density at radius 3 is 2.53 bits per heavy atom. The van der Waals surface area contributed by atoms with E-state index in [1.165, 1.54) is 29.8 Å². The molecule has 0 radical (unpaired) electrons. The summed E-state index contributed by atoms with van der Waals surface area (Å²) in [4.78, 5) is 6.57. The zero-order valence-corrected chi connectivity index (χ0v) is 18.8. The lowest BCUT2D eigenvalue weighted by Crippen LogP contribution is -2.23. The van der Waals surface area contributed by atoms with Gasteiger partial charge in [0.25, 0.3) is 0 Å². The fraction of sp³-hybridized carbons (Fsp3) is 0.348. The number of hydrogen-bond donors (Lipinski definition) is 1. The number of anilines is 2. The number of halogens is 1. The average molecular weight is 434 g/mol. The fourth-order valence-electron chi connectivity index (χ4n) is 3.26. The Labute approximate surface area is 180 Å². The molecule has 2 aromatic rings. The van der Waals surface area contributed by atoms with Crippen molar-refractivity contribution >= 4 is 27.6 Å². The lowest BCUT2D eigenvalue weighted by atomic mass is 10.1. The van der Waals surface area contributed by atoms with E-state index in [1.54, 1.807) is 12.3 Å². The molecule has 1 aliphatic rings. The molecule has 1 aliphatic heterocycles. The van der Waals surface area contributed by atoms with Gasteiger partial charge in [0.2, 0.25) is 10.0 Å². The normalized spacial score (nSPS) is 13.8. The molecule has 1 heterocycles. The van der Waals surface area contributed by atoms with E-state index < -0.39 is 10.0 Å². The van der Waals surface area contributed by atoms with E-state index in [9.17, 15) is 12.8 Å². The summed E-state index contributed by atoms with van der Waals surface area (Å²) in [7, 11) is -3.60. The van der Waals surface area contributed by atoms with Crippen LogP contribution in [-0.2, 0) is 22.2 Å². The number of allylic oxidation sites excluding steroid dienone is 1. The minimum Gasteiger partial charge on any atom is -0.365 e. The molecule has 2 aromatic carbocycles. The van der Waals surface area contributed by atoms with Crippen LogP contribution in [-0.4, -0.2) is 27.7 Å². The maximum absolute atomic E-state index is 13.0. The molecule has 3 rings (SSSR count). The highest BCUT2D eigenvalue weighted by Gasteiger charge is 2.21. The van der Waals surface area contributed by atoms with Crippen LogP contribution in [0.5, 0.6) is 0 Å². The van der Waals surface area contributed by atoms with Crippen molar-refractivity contribution in [1.29, 1.82) is 0 Å². The lowest BCUT2D eigenvalue weighted by molar-refractivity contribution is 0.600. The Bertz CT molecular complexity index is 1010. The van der Waals surface area contributed by atoms with Gasteiger partial charge in [-0.15, -0.1) is 0 Å². The van der Waals surface area contributed by atoms with Crippen LogP contribution >= 0.6 is 0 Å². The third-order valence-electron chi connectivity index (χ3n) is 4.60. The molecule has 0 bridgehead atoms. The summed E-state index contributed by atoms with van der Waals surface area (Å²) < 4.78 is 40.6. The zero-order chi connectivity index (χ0) is 22.1. The number of nitrogens with zero attached hydrogens (tertiary/aromatic N) is 2. The Morgan fingerprint density at radius 1 is 1.20 bits per heavy atom. The number of nitrogens with one attached hydrogen (secondary N) is 1. The summed E-state index contributed by atoms with van der Waals surface area (Å²) in [6.07, 6.45) is 4.67. The van der Waals surface area contributed by atoms with Gasteiger partial charge in [0.1, 0.15) is 5.82 Å². The third kappa shape index (κ3) is 6.42. The van der Waals surface area contributed by atoms with Crippen molar-refractivity contribution in [3.8, 4) is 0 Å². The summed E-state index contributed by atoms with van der Waals surface area (Å²) in [5.74, 6) is -0.595.